The van der Waals surface area contributed by atoms with Gasteiger partial charge in [-0.3, -0.25) is 9.59 Å². The van der Waals surface area contributed by atoms with Crippen LogP contribution in [0.1, 0.15) is 74.7 Å². The van der Waals surface area contributed by atoms with E-state index in [1.807, 2.05) is 32.0 Å². The lowest BCUT2D eigenvalue weighted by Crippen LogP contribution is -2.57. The van der Waals surface area contributed by atoms with Crippen LogP contribution >= 0.6 is 23.2 Å². The molecule has 2 aromatic carbocycles. The predicted octanol–water partition coefficient (Wildman–Crippen LogP) is 6.18. The van der Waals surface area contributed by atoms with Crippen LogP contribution in [0.3, 0.4) is 0 Å². The van der Waals surface area contributed by atoms with Gasteiger partial charge < -0.3 is 10.4 Å². The molecule has 2 N–H and O–H groups in total. The lowest BCUT2D eigenvalue weighted by molar-refractivity contribution is -0.149. The second kappa shape index (κ2) is 11.0. The maximum Gasteiger partial charge on any atom is 0.304 e. The van der Waals surface area contributed by atoms with E-state index in [9.17, 15) is 23.1 Å². The van der Waals surface area contributed by atoms with E-state index in [0.29, 0.717) is 47.7 Å². The van der Waals surface area contributed by atoms with Crippen molar-refractivity contribution >= 4 is 44.9 Å². The molecule has 0 spiro atoms. The highest BCUT2D eigenvalue weighted by molar-refractivity contribution is 7.92. The van der Waals surface area contributed by atoms with Gasteiger partial charge in [0.15, 0.2) is 9.84 Å². The second-order valence-corrected chi connectivity index (χ2v) is 13.9. The number of piperidine rings is 1. The average molecular weight is 567 g/mol. The molecule has 0 radical (unpaired) electrons. The number of halogens is 2. The number of rotatable bonds is 10. The zero-order valence-electron chi connectivity index (χ0n) is 21.0. The van der Waals surface area contributed by atoms with Crippen molar-refractivity contribution in [2.45, 2.75) is 74.8 Å². The molecule has 1 amide bonds. The molecule has 1 saturated carbocycles. The van der Waals surface area contributed by atoms with Gasteiger partial charge in [-0.25, -0.2) is 8.42 Å². The Kier molecular flexibility index (Phi) is 8.27. The van der Waals surface area contributed by atoms with Gasteiger partial charge in [0.1, 0.15) is 0 Å². The number of benzene rings is 2. The number of carbonyl (C=O) groups excluding carboxylic acids is 1. The molecule has 1 saturated heterocycles. The fourth-order valence-corrected chi connectivity index (χ4v) is 8.46. The molecule has 6 nitrogen and oxygen atoms in total. The van der Waals surface area contributed by atoms with Gasteiger partial charge in [0.25, 0.3) is 0 Å². The summed E-state index contributed by atoms with van der Waals surface area (Å²) in [5.41, 5.74) is 0.545. The van der Waals surface area contributed by atoms with Crippen molar-refractivity contribution in [2.24, 2.45) is 11.3 Å². The standard InChI is InChI=1S/C28H33Cl2NO5S/c1-3-28(16-25(32)33)15-23(19-5-4-6-21(30)14-19)26(31-27(28)34)17(2)13-24(37(35,36)22-11-12-22)18-7-9-20(29)10-8-18/h4-10,14,17,22-24,26H,3,11-13,15-16H2,1-2H3,(H,31,34)(H,32,33)/t17?,23-,24+,26+,28+/m1/s1. The summed E-state index contributed by atoms with van der Waals surface area (Å²) < 4.78 is 27.0. The van der Waals surface area contributed by atoms with Gasteiger partial charge in [-0.15, -0.1) is 0 Å². The number of aliphatic carboxylic acids is 1. The molecule has 1 heterocycles. The SMILES string of the molecule is CC[C@@]1(CC(=O)O)C[C@H](c2cccc(Cl)c2)[C@H](C(C)C[C@@H](c2ccc(Cl)cc2)S(=O)(=O)C2CC2)NC1=O. The van der Waals surface area contributed by atoms with Crippen LogP contribution in [0.5, 0.6) is 0 Å². The number of carbonyl (C=O) groups is 2. The first-order chi connectivity index (χ1) is 17.5. The highest BCUT2D eigenvalue weighted by Gasteiger charge is 2.50. The van der Waals surface area contributed by atoms with Crippen LogP contribution < -0.4 is 5.32 Å². The lowest BCUT2D eigenvalue weighted by atomic mass is 9.65. The number of hydrogen-bond donors (Lipinski definition) is 2. The number of sulfone groups is 1. The maximum absolute atomic E-state index is 13.5. The van der Waals surface area contributed by atoms with Crippen molar-refractivity contribution in [1.82, 2.24) is 5.32 Å². The zero-order valence-corrected chi connectivity index (χ0v) is 23.3. The topological polar surface area (TPSA) is 101 Å². The van der Waals surface area contributed by atoms with Crippen molar-refractivity contribution in [2.75, 3.05) is 0 Å². The maximum atomic E-state index is 13.5. The molecule has 37 heavy (non-hydrogen) atoms. The Labute approximate surface area is 228 Å². The first-order valence-electron chi connectivity index (χ1n) is 12.7. The summed E-state index contributed by atoms with van der Waals surface area (Å²) >= 11 is 12.4. The molecule has 1 aliphatic carbocycles. The number of carboxylic acids is 1. The van der Waals surface area contributed by atoms with Gasteiger partial charge in [-0.1, -0.05) is 61.3 Å². The summed E-state index contributed by atoms with van der Waals surface area (Å²) in [5.74, 6) is -1.76. The van der Waals surface area contributed by atoms with E-state index in [4.69, 9.17) is 23.2 Å². The van der Waals surface area contributed by atoms with Crippen LogP contribution in [0.4, 0.5) is 0 Å². The highest BCUT2D eigenvalue weighted by atomic mass is 35.5. The van der Waals surface area contributed by atoms with E-state index in [2.05, 4.69) is 5.32 Å². The molecular formula is C28H33Cl2NO5S. The van der Waals surface area contributed by atoms with Crippen molar-refractivity contribution < 1.29 is 23.1 Å². The van der Waals surface area contributed by atoms with Crippen molar-refractivity contribution in [3.63, 3.8) is 0 Å². The third-order valence-corrected chi connectivity index (χ3v) is 11.2. The smallest absolute Gasteiger partial charge is 0.304 e. The van der Waals surface area contributed by atoms with Crippen LogP contribution in [0, 0.1) is 11.3 Å². The van der Waals surface area contributed by atoms with E-state index in [1.54, 1.807) is 30.3 Å². The number of amides is 1. The second-order valence-electron chi connectivity index (χ2n) is 10.6. The monoisotopic (exact) mass is 565 g/mol. The largest absolute Gasteiger partial charge is 0.481 e. The van der Waals surface area contributed by atoms with Crippen molar-refractivity contribution in [3.05, 3.63) is 69.7 Å². The minimum absolute atomic E-state index is 0.221. The van der Waals surface area contributed by atoms with Crippen LogP contribution in [0.25, 0.3) is 0 Å². The third kappa shape index (κ3) is 5.99. The lowest BCUT2D eigenvalue weighted by Gasteiger charge is -2.46. The van der Waals surface area contributed by atoms with Crippen LogP contribution in [-0.4, -0.2) is 36.7 Å². The Morgan fingerprint density at radius 3 is 2.38 bits per heavy atom. The van der Waals surface area contributed by atoms with Crippen molar-refractivity contribution in [3.8, 4) is 0 Å². The quantitative estimate of drug-likeness (QED) is 0.358. The van der Waals surface area contributed by atoms with Crippen molar-refractivity contribution in [1.29, 1.82) is 0 Å². The Balaban J connectivity index is 1.70. The summed E-state index contributed by atoms with van der Waals surface area (Å²) in [6.07, 6.45) is 2.11. The molecule has 1 aliphatic heterocycles. The van der Waals surface area contributed by atoms with E-state index in [0.717, 1.165) is 5.56 Å². The molecular weight excluding hydrogens is 533 g/mol. The molecule has 1 unspecified atom stereocenters. The molecule has 2 aromatic rings. The zero-order chi connectivity index (χ0) is 27.0. The van der Waals surface area contributed by atoms with Gasteiger partial charge in [-0.2, -0.15) is 0 Å². The van der Waals surface area contributed by atoms with Gasteiger partial charge in [0, 0.05) is 22.0 Å². The number of carboxylic acid groups (broad SMARTS) is 1. The molecule has 0 bridgehead atoms. The highest BCUT2D eigenvalue weighted by Crippen LogP contribution is 2.48. The van der Waals surface area contributed by atoms with Gasteiger partial charge in [0.05, 0.1) is 22.3 Å². The van der Waals surface area contributed by atoms with E-state index in [1.165, 1.54) is 0 Å². The summed E-state index contributed by atoms with van der Waals surface area (Å²) in [5, 5.41) is 12.8. The van der Waals surface area contributed by atoms with Crippen LogP contribution in [-0.2, 0) is 19.4 Å². The summed E-state index contributed by atoms with van der Waals surface area (Å²) in [6, 6.07) is 14.0. The van der Waals surface area contributed by atoms with Gasteiger partial charge in [-0.05, 0) is 73.4 Å². The third-order valence-electron chi connectivity index (χ3n) is 8.09. The minimum Gasteiger partial charge on any atom is -0.481 e. The average Bonchev–Trinajstić information content (AvgIpc) is 3.70. The molecule has 200 valence electrons. The Morgan fingerprint density at radius 2 is 1.81 bits per heavy atom. The van der Waals surface area contributed by atoms with Crippen LogP contribution in [0.2, 0.25) is 10.0 Å². The number of hydrogen-bond acceptors (Lipinski definition) is 4. The summed E-state index contributed by atoms with van der Waals surface area (Å²) in [7, 11) is -3.43. The molecule has 5 atom stereocenters. The van der Waals surface area contributed by atoms with E-state index >= 15 is 0 Å². The molecule has 2 aliphatic rings. The Morgan fingerprint density at radius 1 is 1.14 bits per heavy atom. The molecule has 4 rings (SSSR count). The predicted molar refractivity (Wildman–Crippen MR) is 146 cm³/mol. The Hall–Kier alpha value is -2.09. The minimum atomic E-state index is -3.43. The first-order valence-corrected chi connectivity index (χ1v) is 15.1. The normalized spacial score (nSPS) is 25.8. The fourth-order valence-electron chi connectivity index (χ4n) is 5.77. The van der Waals surface area contributed by atoms with Gasteiger partial charge >= 0.3 is 5.97 Å². The molecule has 9 heteroatoms. The fraction of sp³-hybridized carbons (Fsp3) is 0.500. The molecule has 0 aromatic heterocycles. The summed E-state index contributed by atoms with van der Waals surface area (Å²) in [4.78, 5) is 25.1. The Bertz CT molecular complexity index is 1260. The van der Waals surface area contributed by atoms with E-state index < -0.39 is 26.5 Å². The molecule has 2 fully saturated rings. The number of nitrogens with one attached hydrogen (secondary N) is 1. The van der Waals surface area contributed by atoms with Crippen LogP contribution in [0.15, 0.2) is 48.5 Å². The van der Waals surface area contributed by atoms with E-state index in [-0.39, 0.29) is 35.5 Å². The summed E-state index contributed by atoms with van der Waals surface area (Å²) in [6.45, 7) is 3.80. The van der Waals surface area contributed by atoms with Gasteiger partial charge in [0.2, 0.25) is 5.91 Å². The first kappa shape index (κ1) is 27.9.